The maximum Gasteiger partial charge on any atom is 0.133 e. The van der Waals surface area contributed by atoms with Crippen LogP contribution in [0.2, 0.25) is 0 Å². The first-order valence-electron chi connectivity index (χ1n) is 6.17. The molecule has 0 heterocycles. The lowest BCUT2D eigenvalue weighted by Gasteiger charge is -2.14. The molecule has 3 nitrogen and oxygen atoms in total. The minimum atomic E-state index is -0.848. The second kappa shape index (κ2) is 5.72. The fourth-order valence-electron chi connectivity index (χ4n) is 1.84. The molecular weight excluding hydrogens is 257 g/mol. The standard InChI is InChI=1S/C16H14FNO2/c1-10-6-16(14(11(2)19)8-15(10)17)20-13-5-3-4-12(7-13)9-18/h3-8,11,19H,1-2H3. The molecule has 0 aromatic heterocycles. The monoisotopic (exact) mass is 271 g/mol. The van der Waals surface area contributed by atoms with Crippen molar-refractivity contribution in [3.8, 4) is 17.6 Å². The Hall–Kier alpha value is -2.38. The van der Waals surface area contributed by atoms with E-state index in [0.29, 0.717) is 28.2 Å². The van der Waals surface area contributed by atoms with Crippen molar-refractivity contribution in [2.24, 2.45) is 0 Å². The van der Waals surface area contributed by atoms with Crippen molar-refractivity contribution in [1.82, 2.24) is 0 Å². The van der Waals surface area contributed by atoms with Crippen LogP contribution in [0.5, 0.6) is 11.5 Å². The van der Waals surface area contributed by atoms with Crippen molar-refractivity contribution >= 4 is 0 Å². The summed E-state index contributed by atoms with van der Waals surface area (Å²) in [7, 11) is 0. The van der Waals surface area contributed by atoms with Crippen molar-refractivity contribution in [2.75, 3.05) is 0 Å². The third kappa shape index (κ3) is 2.95. The molecule has 0 aliphatic rings. The molecule has 0 amide bonds. The fourth-order valence-corrected chi connectivity index (χ4v) is 1.84. The minimum absolute atomic E-state index is 0.371. The van der Waals surface area contributed by atoms with Crippen LogP contribution in [-0.4, -0.2) is 5.11 Å². The van der Waals surface area contributed by atoms with Crippen LogP contribution in [0.3, 0.4) is 0 Å². The van der Waals surface area contributed by atoms with Crippen LogP contribution in [-0.2, 0) is 0 Å². The molecule has 2 rings (SSSR count). The molecule has 2 aromatic rings. The highest BCUT2D eigenvalue weighted by Gasteiger charge is 2.14. The summed E-state index contributed by atoms with van der Waals surface area (Å²) in [5.74, 6) is 0.463. The van der Waals surface area contributed by atoms with E-state index in [2.05, 4.69) is 0 Å². The van der Waals surface area contributed by atoms with Crippen molar-refractivity contribution < 1.29 is 14.2 Å². The van der Waals surface area contributed by atoms with E-state index >= 15 is 0 Å². The number of aliphatic hydroxyl groups excluding tert-OH is 1. The summed E-state index contributed by atoms with van der Waals surface area (Å²) in [6, 6.07) is 11.5. The SMILES string of the molecule is Cc1cc(Oc2cccc(C#N)c2)c(C(C)O)cc1F. The predicted octanol–water partition coefficient (Wildman–Crippen LogP) is 3.85. The molecule has 1 N–H and O–H groups in total. The van der Waals surface area contributed by atoms with Gasteiger partial charge in [-0.1, -0.05) is 6.07 Å². The van der Waals surface area contributed by atoms with E-state index in [0.717, 1.165) is 0 Å². The molecule has 20 heavy (non-hydrogen) atoms. The van der Waals surface area contributed by atoms with Crippen LogP contribution in [0.15, 0.2) is 36.4 Å². The molecule has 0 spiro atoms. The molecule has 1 atom stereocenters. The lowest BCUT2D eigenvalue weighted by molar-refractivity contribution is 0.195. The molecular formula is C16H14FNO2. The van der Waals surface area contributed by atoms with E-state index in [1.807, 2.05) is 6.07 Å². The van der Waals surface area contributed by atoms with Crippen LogP contribution >= 0.6 is 0 Å². The average Bonchev–Trinajstić information content (AvgIpc) is 2.42. The van der Waals surface area contributed by atoms with Gasteiger partial charge < -0.3 is 9.84 Å². The first kappa shape index (κ1) is 14.0. The van der Waals surface area contributed by atoms with E-state index < -0.39 is 6.10 Å². The van der Waals surface area contributed by atoms with Gasteiger partial charge in [0.05, 0.1) is 17.7 Å². The Kier molecular flexibility index (Phi) is 4.02. The smallest absolute Gasteiger partial charge is 0.133 e. The first-order valence-corrected chi connectivity index (χ1v) is 6.17. The normalized spacial score (nSPS) is 11.8. The Balaban J connectivity index is 2.42. The Bertz CT molecular complexity index is 675. The van der Waals surface area contributed by atoms with Gasteiger partial charge in [0.1, 0.15) is 17.3 Å². The maximum absolute atomic E-state index is 13.6. The summed E-state index contributed by atoms with van der Waals surface area (Å²) in [6.07, 6.45) is -0.848. The summed E-state index contributed by atoms with van der Waals surface area (Å²) in [6.45, 7) is 3.17. The van der Waals surface area contributed by atoms with Gasteiger partial charge in [-0.15, -0.1) is 0 Å². The van der Waals surface area contributed by atoms with E-state index in [1.54, 1.807) is 38.1 Å². The Morgan fingerprint density at radius 2 is 2.05 bits per heavy atom. The Morgan fingerprint density at radius 3 is 2.70 bits per heavy atom. The zero-order valence-corrected chi connectivity index (χ0v) is 11.2. The van der Waals surface area contributed by atoms with Crippen LogP contribution in [0.1, 0.15) is 29.7 Å². The lowest BCUT2D eigenvalue weighted by Crippen LogP contribution is -1.99. The van der Waals surface area contributed by atoms with E-state index in [4.69, 9.17) is 10.00 Å². The van der Waals surface area contributed by atoms with Gasteiger partial charge in [0.2, 0.25) is 0 Å². The molecule has 0 aliphatic heterocycles. The quantitative estimate of drug-likeness (QED) is 0.922. The predicted molar refractivity (Wildman–Crippen MR) is 73.0 cm³/mol. The van der Waals surface area contributed by atoms with Crippen LogP contribution in [0, 0.1) is 24.1 Å². The molecule has 0 aliphatic carbocycles. The number of halogens is 1. The lowest BCUT2D eigenvalue weighted by atomic mass is 10.1. The van der Waals surface area contributed by atoms with Crippen LogP contribution in [0.4, 0.5) is 4.39 Å². The van der Waals surface area contributed by atoms with Gasteiger partial charge >= 0.3 is 0 Å². The van der Waals surface area contributed by atoms with E-state index in [-0.39, 0.29) is 5.82 Å². The number of nitriles is 1. The van der Waals surface area contributed by atoms with Crippen molar-refractivity contribution in [2.45, 2.75) is 20.0 Å². The molecule has 0 fully saturated rings. The molecule has 2 aromatic carbocycles. The van der Waals surface area contributed by atoms with E-state index in [1.165, 1.54) is 12.1 Å². The van der Waals surface area contributed by atoms with Gasteiger partial charge in [0.25, 0.3) is 0 Å². The Morgan fingerprint density at radius 1 is 1.30 bits per heavy atom. The summed E-state index contributed by atoms with van der Waals surface area (Å²) in [5.41, 5.74) is 1.27. The first-order chi connectivity index (χ1) is 9.51. The van der Waals surface area contributed by atoms with Crippen LogP contribution < -0.4 is 4.74 Å². The van der Waals surface area contributed by atoms with Crippen molar-refractivity contribution in [3.63, 3.8) is 0 Å². The number of nitrogens with zero attached hydrogens (tertiary/aromatic N) is 1. The van der Waals surface area contributed by atoms with Crippen molar-refractivity contribution in [1.29, 1.82) is 5.26 Å². The maximum atomic E-state index is 13.6. The summed E-state index contributed by atoms with van der Waals surface area (Å²) < 4.78 is 19.2. The largest absolute Gasteiger partial charge is 0.457 e. The number of aryl methyl sites for hydroxylation is 1. The molecule has 1 unspecified atom stereocenters. The average molecular weight is 271 g/mol. The minimum Gasteiger partial charge on any atom is -0.457 e. The van der Waals surface area contributed by atoms with Gasteiger partial charge in [-0.05, 0) is 49.7 Å². The van der Waals surface area contributed by atoms with Gasteiger partial charge in [-0.25, -0.2) is 4.39 Å². The highest BCUT2D eigenvalue weighted by molar-refractivity contribution is 5.44. The van der Waals surface area contributed by atoms with Crippen LogP contribution in [0.25, 0.3) is 0 Å². The zero-order valence-electron chi connectivity index (χ0n) is 11.2. The van der Waals surface area contributed by atoms with Crippen molar-refractivity contribution in [3.05, 3.63) is 58.9 Å². The molecule has 0 saturated heterocycles. The second-order valence-corrected chi connectivity index (χ2v) is 4.56. The number of ether oxygens (including phenoxy) is 1. The van der Waals surface area contributed by atoms with Gasteiger partial charge in [-0.3, -0.25) is 0 Å². The molecule has 0 radical (unpaired) electrons. The topological polar surface area (TPSA) is 53.2 Å². The molecule has 0 bridgehead atoms. The molecule has 0 saturated carbocycles. The third-order valence-electron chi connectivity index (χ3n) is 2.93. The third-order valence-corrected chi connectivity index (χ3v) is 2.93. The summed E-state index contributed by atoms with van der Waals surface area (Å²) in [5, 5.41) is 18.6. The second-order valence-electron chi connectivity index (χ2n) is 4.56. The molecule has 102 valence electrons. The summed E-state index contributed by atoms with van der Waals surface area (Å²) in [4.78, 5) is 0. The fraction of sp³-hybridized carbons (Fsp3) is 0.188. The zero-order chi connectivity index (χ0) is 14.7. The number of rotatable bonds is 3. The highest BCUT2D eigenvalue weighted by atomic mass is 19.1. The molecule has 4 heteroatoms. The van der Waals surface area contributed by atoms with E-state index in [9.17, 15) is 9.50 Å². The van der Waals surface area contributed by atoms with Gasteiger partial charge in [0, 0.05) is 5.56 Å². The number of aliphatic hydroxyl groups is 1. The summed E-state index contributed by atoms with van der Waals surface area (Å²) >= 11 is 0. The number of hydrogen-bond donors (Lipinski definition) is 1. The van der Waals surface area contributed by atoms with Gasteiger partial charge in [0.15, 0.2) is 0 Å². The Labute approximate surface area is 116 Å². The van der Waals surface area contributed by atoms with Gasteiger partial charge in [-0.2, -0.15) is 5.26 Å². The number of hydrogen-bond acceptors (Lipinski definition) is 3. The number of benzene rings is 2. The highest BCUT2D eigenvalue weighted by Crippen LogP contribution is 2.32.